The maximum absolute atomic E-state index is 14.2. The summed E-state index contributed by atoms with van der Waals surface area (Å²) in [6, 6.07) is 15.1. The zero-order chi connectivity index (χ0) is 28.8. The number of carboxylic acid groups (broad SMARTS) is 1. The Morgan fingerprint density at radius 1 is 1.10 bits per heavy atom. The van der Waals surface area contributed by atoms with E-state index < -0.39 is 6.09 Å². The van der Waals surface area contributed by atoms with E-state index in [0.717, 1.165) is 54.0 Å². The van der Waals surface area contributed by atoms with Crippen molar-refractivity contribution in [2.45, 2.75) is 57.2 Å². The van der Waals surface area contributed by atoms with Gasteiger partial charge in [0.2, 0.25) is 0 Å². The Hall–Kier alpha value is -4.05. The second kappa shape index (κ2) is 13.1. The van der Waals surface area contributed by atoms with E-state index in [1.807, 2.05) is 64.9 Å². The third kappa shape index (κ3) is 6.32. The van der Waals surface area contributed by atoms with Crippen LogP contribution in [0.3, 0.4) is 0 Å². The van der Waals surface area contributed by atoms with Crippen LogP contribution in [0.4, 0.5) is 4.79 Å². The number of amides is 2. The predicted octanol–water partition coefficient (Wildman–Crippen LogP) is 4.50. The second-order valence-corrected chi connectivity index (χ2v) is 10.7. The molecule has 2 fully saturated rings. The molecule has 0 unspecified atom stereocenters. The SMILES string of the molecule is COc1cccc(OCC[C@@H]2CNCCN2C(=O)c2ncn([C@H]3CCCC[C@@H]3NC(=O)O)c2-c2ccccc2)c1C. The highest BCUT2D eigenvalue weighted by atomic mass is 16.5. The normalized spacial score (nSPS) is 20.8. The molecule has 218 valence electrons. The summed E-state index contributed by atoms with van der Waals surface area (Å²) in [5.74, 6) is 1.43. The molecule has 3 aromatic rings. The number of rotatable bonds is 9. The summed E-state index contributed by atoms with van der Waals surface area (Å²) in [5, 5.41) is 15.6. The molecule has 0 spiro atoms. The lowest BCUT2D eigenvalue weighted by Crippen LogP contribution is -2.54. The smallest absolute Gasteiger partial charge is 0.404 e. The highest BCUT2D eigenvalue weighted by Gasteiger charge is 2.35. The topological polar surface area (TPSA) is 118 Å². The zero-order valence-electron chi connectivity index (χ0n) is 23.7. The molecular weight excluding hydrogens is 522 g/mol. The molecule has 3 atom stereocenters. The molecule has 41 heavy (non-hydrogen) atoms. The molecule has 1 aliphatic heterocycles. The molecule has 0 bridgehead atoms. The average Bonchev–Trinajstić information content (AvgIpc) is 3.43. The fraction of sp³-hybridized carbons (Fsp3) is 0.452. The van der Waals surface area contributed by atoms with Crippen LogP contribution in [-0.2, 0) is 0 Å². The Balaban J connectivity index is 1.40. The minimum atomic E-state index is -1.03. The van der Waals surface area contributed by atoms with Crippen molar-refractivity contribution in [1.29, 1.82) is 0 Å². The summed E-state index contributed by atoms with van der Waals surface area (Å²) in [4.78, 5) is 32.3. The summed E-state index contributed by atoms with van der Waals surface area (Å²) in [6.07, 6.45) is 4.85. The minimum Gasteiger partial charge on any atom is -0.496 e. The number of nitrogens with one attached hydrogen (secondary N) is 2. The first-order valence-electron chi connectivity index (χ1n) is 14.4. The van der Waals surface area contributed by atoms with Crippen LogP contribution >= 0.6 is 0 Å². The lowest BCUT2D eigenvalue weighted by molar-refractivity contribution is 0.0601. The van der Waals surface area contributed by atoms with E-state index in [0.29, 0.717) is 38.4 Å². The van der Waals surface area contributed by atoms with Gasteiger partial charge in [-0.15, -0.1) is 0 Å². The molecule has 1 aromatic heterocycles. The Morgan fingerprint density at radius 3 is 2.66 bits per heavy atom. The van der Waals surface area contributed by atoms with Gasteiger partial charge >= 0.3 is 6.09 Å². The molecule has 2 aliphatic rings. The van der Waals surface area contributed by atoms with E-state index in [1.165, 1.54) is 0 Å². The number of hydrogen-bond acceptors (Lipinski definition) is 6. The Kier molecular flexibility index (Phi) is 9.08. The first-order valence-corrected chi connectivity index (χ1v) is 14.4. The maximum Gasteiger partial charge on any atom is 0.404 e. The molecule has 10 nitrogen and oxygen atoms in total. The van der Waals surface area contributed by atoms with E-state index in [1.54, 1.807) is 13.4 Å². The number of methoxy groups -OCH3 is 1. The summed E-state index contributed by atoms with van der Waals surface area (Å²) < 4.78 is 13.6. The van der Waals surface area contributed by atoms with Crippen LogP contribution in [0, 0.1) is 6.92 Å². The number of carbonyl (C=O) groups excluding carboxylic acids is 1. The van der Waals surface area contributed by atoms with Gasteiger partial charge in [-0.1, -0.05) is 49.2 Å². The van der Waals surface area contributed by atoms with E-state index in [9.17, 15) is 14.7 Å². The van der Waals surface area contributed by atoms with Crippen molar-refractivity contribution in [3.8, 4) is 22.8 Å². The van der Waals surface area contributed by atoms with Crippen molar-refractivity contribution in [2.24, 2.45) is 0 Å². The van der Waals surface area contributed by atoms with Gasteiger partial charge in [-0.3, -0.25) is 4.79 Å². The van der Waals surface area contributed by atoms with Gasteiger partial charge in [0.25, 0.3) is 5.91 Å². The standard InChI is InChI=1S/C31H39N5O5/c1-21-26(40-2)13-8-14-27(21)41-18-15-23-19-32-16-17-35(23)30(37)28-29(22-9-4-3-5-10-22)36(20-33-28)25-12-7-6-11-24(25)34-31(38)39/h3-5,8-10,13-14,20,23-25,32,34H,6-7,11-12,15-19H2,1-2H3,(H,38,39)/t23-,24+,25+/m1/s1. The van der Waals surface area contributed by atoms with E-state index in [2.05, 4.69) is 15.6 Å². The van der Waals surface area contributed by atoms with Crippen LogP contribution in [0.5, 0.6) is 11.5 Å². The van der Waals surface area contributed by atoms with E-state index in [-0.39, 0.29) is 24.0 Å². The van der Waals surface area contributed by atoms with Gasteiger partial charge in [-0.05, 0) is 31.9 Å². The molecule has 2 amide bonds. The largest absolute Gasteiger partial charge is 0.496 e. The van der Waals surface area contributed by atoms with E-state index in [4.69, 9.17) is 9.47 Å². The molecule has 5 rings (SSSR count). The number of carbonyl (C=O) groups is 2. The summed E-state index contributed by atoms with van der Waals surface area (Å²) in [6.45, 7) is 4.36. The first-order chi connectivity index (χ1) is 20.0. The van der Waals surface area contributed by atoms with Gasteiger partial charge in [0, 0.05) is 43.2 Å². The van der Waals surface area contributed by atoms with Gasteiger partial charge in [0.15, 0.2) is 5.69 Å². The molecule has 0 radical (unpaired) electrons. The lowest BCUT2D eigenvalue weighted by atomic mass is 9.89. The van der Waals surface area contributed by atoms with Gasteiger partial charge in [-0.25, -0.2) is 9.78 Å². The van der Waals surface area contributed by atoms with Crippen molar-refractivity contribution in [3.05, 3.63) is 66.1 Å². The quantitative estimate of drug-likeness (QED) is 0.352. The van der Waals surface area contributed by atoms with Gasteiger partial charge in [0.1, 0.15) is 11.5 Å². The highest BCUT2D eigenvalue weighted by molar-refractivity contribution is 5.98. The van der Waals surface area contributed by atoms with Gasteiger partial charge in [0.05, 0.1) is 37.8 Å². The minimum absolute atomic E-state index is 0.0629. The summed E-state index contributed by atoms with van der Waals surface area (Å²) >= 11 is 0. The number of aromatic nitrogens is 2. The van der Waals surface area contributed by atoms with Crippen LogP contribution in [-0.4, -0.2) is 77.0 Å². The fourth-order valence-electron chi connectivity index (χ4n) is 6.12. The number of hydrogen-bond donors (Lipinski definition) is 3. The van der Waals surface area contributed by atoms with Crippen molar-refractivity contribution in [2.75, 3.05) is 33.4 Å². The van der Waals surface area contributed by atoms with E-state index >= 15 is 0 Å². The van der Waals surface area contributed by atoms with Crippen molar-refractivity contribution >= 4 is 12.0 Å². The first kappa shape index (κ1) is 28.5. The summed E-state index contributed by atoms with van der Waals surface area (Å²) in [5.41, 5.74) is 2.96. The molecular formula is C31H39N5O5. The number of imidazole rings is 1. The second-order valence-electron chi connectivity index (χ2n) is 10.7. The Morgan fingerprint density at radius 2 is 1.88 bits per heavy atom. The molecule has 2 heterocycles. The molecule has 1 saturated heterocycles. The van der Waals surface area contributed by atoms with Crippen LogP contribution < -0.4 is 20.1 Å². The van der Waals surface area contributed by atoms with Crippen molar-refractivity contribution in [1.82, 2.24) is 25.1 Å². The molecule has 1 saturated carbocycles. The van der Waals surface area contributed by atoms with Crippen LogP contribution in [0.15, 0.2) is 54.9 Å². The molecule has 1 aliphatic carbocycles. The van der Waals surface area contributed by atoms with Crippen LogP contribution in [0.1, 0.15) is 54.2 Å². The van der Waals surface area contributed by atoms with Gasteiger partial charge < -0.3 is 34.7 Å². The van der Waals surface area contributed by atoms with Crippen molar-refractivity contribution in [3.63, 3.8) is 0 Å². The summed E-state index contributed by atoms with van der Waals surface area (Å²) in [7, 11) is 1.64. The number of benzene rings is 2. The number of nitrogens with zero attached hydrogens (tertiary/aromatic N) is 3. The van der Waals surface area contributed by atoms with Crippen molar-refractivity contribution < 1.29 is 24.2 Å². The molecule has 10 heteroatoms. The monoisotopic (exact) mass is 561 g/mol. The maximum atomic E-state index is 14.2. The lowest BCUT2D eigenvalue weighted by Gasteiger charge is -2.36. The molecule has 2 aromatic carbocycles. The Labute approximate surface area is 240 Å². The molecule has 3 N–H and O–H groups in total. The third-order valence-electron chi connectivity index (χ3n) is 8.21. The van der Waals surface area contributed by atoms with Crippen LogP contribution in [0.2, 0.25) is 0 Å². The third-order valence-corrected chi connectivity index (χ3v) is 8.21. The number of ether oxygens (including phenoxy) is 2. The average molecular weight is 562 g/mol. The Bertz CT molecular complexity index is 1340. The number of piperazine rings is 1. The fourth-order valence-corrected chi connectivity index (χ4v) is 6.12. The van der Waals surface area contributed by atoms with Gasteiger partial charge in [-0.2, -0.15) is 0 Å². The zero-order valence-corrected chi connectivity index (χ0v) is 23.7. The van der Waals surface area contributed by atoms with Crippen LogP contribution in [0.25, 0.3) is 11.3 Å². The predicted molar refractivity (Wildman–Crippen MR) is 156 cm³/mol. The highest BCUT2D eigenvalue weighted by Crippen LogP contribution is 2.35.